The quantitative estimate of drug-likeness (QED) is 0.631. The molecule has 0 fully saturated rings. The van der Waals surface area contributed by atoms with Gasteiger partial charge in [0.15, 0.2) is 0 Å². The van der Waals surface area contributed by atoms with E-state index in [9.17, 15) is 28.0 Å². The van der Waals surface area contributed by atoms with Crippen LogP contribution in [0.4, 0.5) is 10.1 Å². The number of aliphatic hydroxyl groups is 1. The highest BCUT2D eigenvalue weighted by atomic mass is 32.2. The second-order valence-corrected chi connectivity index (χ2v) is 6.80. The summed E-state index contributed by atoms with van der Waals surface area (Å²) >= 11 is 0. The number of hydrogen-bond donors (Lipinski definition) is 1. The minimum Gasteiger partial charge on any atom is -0.393 e. The predicted molar refractivity (Wildman–Crippen MR) is 73.9 cm³/mol. The van der Waals surface area contributed by atoms with E-state index in [0.717, 1.165) is 16.4 Å². The Balaban J connectivity index is 3.25. The fourth-order valence-corrected chi connectivity index (χ4v) is 3.12. The van der Waals surface area contributed by atoms with Gasteiger partial charge in [-0.15, -0.1) is 0 Å². The SMILES string of the molecule is Cc1cc(F)c([N+](=O)[O-])cc1S(=O)(=O)N(C)CCC(C)O. The Morgan fingerprint density at radius 3 is 2.52 bits per heavy atom. The Bertz CT molecular complexity index is 645. The first-order valence-electron chi connectivity index (χ1n) is 6.16. The van der Waals surface area contributed by atoms with Crippen LogP contribution in [0.15, 0.2) is 17.0 Å². The van der Waals surface area contributed by atoms with Gasteiger partial charge in [0, 0.05) is 19.7 Å². The maximum Gasteiger partial charge on any atom is 0.306 e. The highest BCUT2D eigenvalue weighted by Crippen LogP contribution is 2.27. The summed E-state index contributed by atoms with van der Waals surface area (Å²) in [7, 11) is -2.69. The molecule has 7 nitrogen and oxygen atoms in total. The van der Waals surface area contributed by atoms with Gasteiger partial charge >= 0.3 is 5.69 Å². The second-order valence-electron chi connectivity index (χ2n) is 4.79. The average Bonchev–Trinajstić information content (AvgIpc) is 2.34. The molecule has 1 atom stereocenters. The molecule has 0 radical (unpaired) electrons. The van der Waals surface area contributed by atoms with Gasteiger partial charge in [0.25, 0.3) is 0 Å². The van der Waals surface area contributed by atoms with Gasteiger partial charge in [-0.05, 0) is 31.9 Å². The number of nitrogens with zero attached hydrogens (tertiary/aromatic N) is 2. The standard InChI is InChI=1S/C12H17FN2O5S/c1-8-6-10(13)11(15(17)18)7-12(8)21(19,20)14(3)5-4-9(2)16/h6-7,9,16H,4-5H2,1-3H3. The fourth-order valence-electron chi connectivity index (χ4n) is 1.72. The molecule has 0 saturated heterocycles. The van der Waals surface area contributed by atoms with Crippen LogP contribution >= 0.6 is 0 Å². The summed E-state index contributed by atoms with van der Waals surface area (Å²) in [5, 5.41) is 19.9. The van der Waals surface area contributed by atoms with Crippen molar-refractivity contribution in [2.24, 2.45) is 0 Å². The number of nitro benzene ring substituents is 1. The minimum absolute atomic E-state index is 0.0462. The molecule has 118 valence electrons. The maximum atomic E-state index is 13.4. The van der Waals surface area contributed by atoms with Crippen LogP contribution in [0.25, 0.3) is 0 Å². The lowest BCUT2D eigenvalue weighted by atomic mass is 10.2. The van der Waals surface area contributed by atoms with E-state index in [1.165, 1.54) is 20.9 Å². The van der Waals surface area contributed by atoms with Crippen molar-refractivity contribution < 1.29 is 22.8 Å². The largest absolute Gasteiger partial charge is 0.393 e. The van der Waals surface area contributed by atoms with E-state index in [4.69, 9.17) is 0 Å². The van der Waals surface area contributed by atoms with E-state index in [0.29, 0.717) is 0 Å². The number of benzene rings is 1. The van der Waals surface area contributed by atoms with E-state index in [-0.39, 0.29) is 23.4 Å². The van der Waals surface area contributed by atoms with Crippen LogP contribution in [0, 0.1) is 22.9 Å². The van der Waals surface area contributed by atoms with Crippen LogP contribution in [0.3, 0.4) is 0 Å². The van der Waals surface area contributed by atoms with Crippen molar-refractivity contribution in [3.05, 3.63) is 33.6 Å². The molecule has 1 aromatic carbocycles. The van der Waals surface area contributed by atoms with Crippen LogP contribution < -0.4 is 0 Å². The smallest absolute Gasteiger partial charge is 0.306 e. The van der Waals surface area contributed by atoms with Crippen molar-refractivity contribution >= 4 is 15.7 Å². The summed E-state index contributed by atoms with van der Waals surface area (Å²) in [6.07, 6.45) is -0.454. The molecule has 1 N–H and O–H groups in total. The highest BCUT2D eigenvalue weighted by Gasteiger charge is 2.27. The van der Waals surface area contributed by atoms with Crippen molar-refractivity contribution in [1.29, 1.82) is 0 Å². The van der Waals surface area contributed by atoms with E-state index < -0.39 is 32.6 Å². The molecule has 21 heavy (non-hydrogen) atoms. The van der Waals surface area contributed by atoms with Gasteiger partial charge in [0.05, 0.1) is 15.9 Å². The minimum atomic E-state index is -3.99. The molecular weight excluding hydrogens is 303 g/mol. The summed E-state index contributed by atoms with van der Waals surface area (Å²) < 4.78 is 39.1. The third kappa shape index (κ3) is 3.96. The van der Waals surface area contributed by atoms with Crippen LogP contribution in [0.5, 0.6) is 0 Å². The molecule has 0 aliphatic carbocycles. The molecule has 1 unspecified atom stereocenters. The van der Waals surface area contributed by atoms with Gasteiger partial charge in [0.1, 0.15) is 0 Å². The Kier molecular flexibility index (Phi) is 5.37. The molecular formula is C12H17FN2O5S. The summed E-state index contributed by atoms with van der Waals surface area (Å²) in [5.74, 6) is -1.08. The lowest BCUT2D eigenvalue weighted by Gasteiger charge is -2.19. The van der Waals surface area contributed by atoms with Crippen LogP contribution in [0.2, 0.25) is 0 Å². The van der Waals surface area contributed by atoms with Crippen molar-refractivity contribution in [2.75, 3.05) is 13.6 Å². The molecule has 1 rings (SSSR count). The normalized spacial score (nSPS) is 13.4. The lowest BCUT2D eigenvalue weighted by molar-refractivity contribution is -0.387. The first-order chi connectivity index (χ1) is 9.57. The zero-order chi connectivity index (χ0) is 16.4. The zero-order valence-corrected chi connectivity index (χ0v) is 12.7. The summed E-state index contributed by atoms with van der Waals surface area (Å²) in [6.45, 7) is 2.93. The van der Waals surface area contributed by atoms with Gasteiger partial charge in [-0.2, -0.15) is 4.39 Å². The molecule has 9 heteroatoms. The Morgan fingerprint density at radius 1 is 1.48 bits per heavy atom. The lowest BCUT2D eigenvalue weighted by Crippen LogP contribution is -2.30. The number of nitro groups is 1. The molecule has 1 aromatic rings. The molecule has 0 heterocycles. The van der Waals surface area contributed by atoms with E-state index in [1.807, 2.05) is 0 Å². The summed E-state index contributed by atoms with van der Waals surface area (Å²) in [4.78, 5) is 9.44. The van der Waals surface area contributed by atoms with E-state index in [2.05, 4.69) is 0 Å². The number of aryl methyl sites for hydroxylation is 1. The Morgan fingerprint density at radius 2 is 2.05 bits per heavy atom. The molecule has 0 aliphatic heterocycles. The maximum absolute atomic E-state index is 13.4. The van der Waals surface area contributed by atoms with E-state index in [1.54, 1.807) is 0 Å². The molecule has 0 aliphatic rings. The Labute approximate surface area is 122 Å². The number of aliphatic hydroxyl groups excluding tert-OH is 1. The predicted octanol–water partition coefficient (Wildman–Crippen LogP) is 1.43. The van der Waals surface area contributed by atoms with Crippen LogP contribution in [-0.4, -0.2) is 42.4 Å². The first-order valence-corrected chi connectivity index (χ1v) is 7.60. The fraction of sp³-hybridized carbons (Fsp3) is 0.500. The van der Waals surface area contributed by atoms with Crippen molar-refractivity contribution in [3.63, 3.8) is 0 Å². The average molecular weight is 320 g/mol. The number of rotatable bonds is 6. The van der Waals surface area contributed by atoms with Crippen molar-refractivity contribution in [1.82, 2.24) is 4.31 Å². The van der Waals surface area contributed by atoms with Crippen LogP contribution in [-0.2, 0) is 10.0 Å². The van der Waals surface area contributed by atoms with Gasteiger partial charge in [-0.25, -0.2) is 12.7 Å². The van der Waals surface area contributed by atoms with Crippen molar-refractivity contribution in [3.8, 4) is 0 Å². The van der Waals surface area contributed by atoms with Gasteiger partial charge in [0.2, 0.25) is 15.8 Å². The number of halogens is 1. The molecule has 0 aromatic heterocycles. The zero-order valence-electron chi connectivity index (χ0n) is 11.9. The molecule has 0 spiro atoms. The summed E-state index contributed by atoms with van der Waals surface area (Å²) in [6, 6.07) is 1.55. The third-order valence-electron chi connectivity index (χ3n) is 2.99. The van der Waals surface area contributed by atoms with Crippen molar-refractivity contribution in [2.45, 2.75) is 31.3 Å². The molecule has 0 saturated carbocycles. The van der Waals surface area contributed by atoms with E-state index >= 15 is 0 Å². The molecule has 0 bridgehead atoms. The van der Waals surface area contributed by atoms with Crippen LogP contribution in [0.1, 0.15) is 18.9 Å². The van der Waals surface area contributed by atoms with Gasteiger partial charge < -0.3 is 5.11 Å². The number of sulfonamides is 1. The third-order valence-corrected chi connectivity index (χ3v) is 4.99. The summed E-state index contributed by atoms with van der Waals surface area (Å²) in [5.41, 5.74) is -0.801. The van der Waals surface area contributed by atoms with Gasteiger partial charge in [-0.1, -0.05) is 0 Å². The first kappa shape index (κ1) is 17.5. The second kappa shape index (κ2) is 6.46. The topological polar surface area (TPSA) is 101 Å². The molecule has 0 amide bonds. The number of hydrogen-bond acceptors (Lipinski definition) is 5. The van der Waals surface area contributed by atoms with Gasteiger partial charge in [-0.3, -0.25) is 10.1 Å². The highest BCUT2D eigenvalue weighted by molar-refractivity contribution is 7.89. The monoisotopic (exact) mass is 320 g/mol. The Hall–Kier alpha value is -1.58.